The minimum absolute atomic E-state index is 0.640. The highest BCUT2D eigenvalue weighted by molar-refractivity contribution is 5.42. The lowest BCUT2D eigenvalue weighted by atomic mass is 10.2. The SMILES string of the molecule is Cc1cccnc1NCCCCN(C)C(C)C. The molecule has 0 saturated heterocycles. The normalized spacial score (nSPS) is 11.2. The number of hydrogen-bond acceptors (Lipinski definition) is 3. The highest BCUT2D eigenvalue weighted by atomic mass is 15.1. The van der Waals surface area contributed by atoms with Crippen LogP contribution in [0.5, 0.6) is 0 Å². The number of aromatic nitrogens is 1. The van der Waals surface area contributed by atoms with Gasteiger partial charge in [-0.25, -0.2) is 4.98 Å². The summed E-state index contributed by atoms with van der Waals surface area (Å²) >= 11 is 0. The molecule has 0 bridgehead atoms. The average Bonchev–Trinajstić information content (AvgIpc) is 2.30. The van der Waals surface area contributed by atoms with Crippen LogP contribution >= 0.6 is 0 Å². The third kappa shape index (κ3) is 5.18. The van der Waals surface area contributed by atoms with E-state index in [1.807, 2.05) is 12.3 Å². The molecule has 0 radical (unpaired) electrons. The lowest BCUT2D eigenvalue weighted by Crippen LogP contribution is -2.27. The summed E-state index contributed by atoms with van der Waals surface area (Å²) in [6.07, 6.45) is 4.25. The van der Waals surface area contributed by atoms with Gasteiger partial charge in [0.25, 0.3) is 0 Å². The molecule has 1 aromatic heterocycles. The van der Waals surface area contributed by atoms with Gasteiger partial charge in [-0.15, -0.1) is 0 Å². The molecule has 96 valence electrons. The van der Waals surface area contributed by atoms with Gasteiger partial charge in [0.05, 0.1) is 0 Å². The van der Waals surface area contributed by atoms with Crippen LogP contribution in [0.25, 0.3) is 0 Å². The maximum Gasteiger partial charge on any atom is 0.128 e. The Labute approximate surface area is 105 Å². The minimum Gasteiger partial charge on any atom is -0.370 e. The van der Waals surface area contributed by atoms with Crippen molar-refractivity contribution in [1.82, 2.24) is 9.88 Å². The fourth-order valence-corrected chi connectivity index (χ4v) is 1.62. The van der Waals surface area contributed by atoms with Gasteiger partial charge in [0, 0.05) is 18.8 Å². The summed E-state index contributed by atoms with van der Waals surface area (Å²) in [4.78, 5) is 6.70. The summed E-state index contributed by atoms with van der Waals surface area (Å²) in [6.45, 7) is 8.72. The van der Waals surface area contributed by atoms with Crippen LogP contribution in [0.2, 0.25) is 0 Å². The van der Waals surface area contributed by atoms with Crippen LogP contribution in [0.15, 0.2) is 18.3 Å². The minimum atomic E-state index is 0.640. The standard InChI is InChI=1S/C14H25N3/c1-12(2)17(4)11-6-5-9-15-14-13(3)8-7-10-16-14/h7-8,10,12H,5-6,9,11H2,1-4H3,(H,15,16). The molecule has 1 aromatic rings. The molecule has 1 N–H and O–H groups in total. The molecule has 0 saturated carbocycles. The molecule has 0 spiro atoms. The van der Waals surface area contributed by atoms with Crippen molar-refractivity contribution in [2.45, 2.75) is 39.7 Å². The first-order valence-electron chi connectivity index (χ1n) is 6.47. The van der Waals surface area contributed by atoms with Gasteiger partial charge < -0.3 is 10.2 Å². The van der Waals surface area contributed by atoms with Crippen LogP contribution in [-0.4, -0.2) is 36.1 Å². The van der Waals surface area contributed by atoms with Crippen LogP contribution < -0.4 is 5.32 Å². The van der Waals surface area contributed by atoms with Crippen molar-refractivity contribution in [3.8, 4) is 0 Å². The number of nitrogens with zero attached hydrogens (tertiary/aromatic N) is 2. The number of rotatable bonds is 7. The molecule has 3 heteroatoms. The van der Waals surface area contributed by atoms with Crippen molar-refractivity contribution in [3.05, 3.63) is 23.9 Å². The number of aryl methyl sites for hydroxylation is 1. The van der Waals surface area contributed by atoms with E-state index < -0.39 is 0 Å². The molecule has 1 heterocycles. The maximum absolute atomic E-state index is 4.32. The number of nitrogens with one attached hydrogen (secondary N) is 1. The van der Waals surface area contributed by atoms with Gasteiger partial charge in [0.2, 0.25) is 0 Å². The van der Waals surface area contributed by atoms with Gasteiger partial charge in [-0.3, -0.25) is 0 Å². The van der Waals surface area contributed by atoms with E-state index >= 15 is 0 Å². The number of unbranched alkanes of at least 4 members (excludes halogenated alkanes) is 1. The summed E-state index contributed by atoms with van der Waals surface area (Å²) in [6, 6.07) is 4.70. The number of anilines is 1. The van der Waals surface area contributed by atoms with Gasteiger partial charge in [-0.2, -0.15) is 0 Å². The zero-order valence-electron chi connectivity index (χ0n) is 11.5. The highest BCUT2D eigenvalue weighted by Crippen LogP contribution is 2.09. The number of hydrogen-bond donors (Lipinski definition) is 1. The largest absolute Gasteiger partial charge is 0.370 e. The van der Waals surface area contributed by atoms with Gasteiger partial charge in [0.15, 0.2) is 0 Å². The fraction of sp³-hybridized carbons (Fsp3) is 0.643. The molecule has 0 unspecified atom stereocenters. The topological polar surface area (TPSA) is 28.2 Å². The highest BCUT2D eigenvalue weighted by Gasteiger charge is 2.02. The molecule has 0 aromatic carbocycles. The van der Waals surface area contributed by atoms with Gasteiger partial charge in [-0.05, 0) is 58.8 Å². The first kappa shape index (κ1) is 14.0. The van der Waals surface area contributed by atoms with E-state index in [0.29, 0.717) is 6.04 Å². The van der Waals surface area contributed by atoms with E-state index in [4.69, 9.17) is 0 Å². The van der Waals surface area contributed by atoms with E-state index in [0.717, 1.165) is 12.4 Å². The predicted molar refractivity (Wildman–Crippen MR) is 74.5 cm³/mol. The van der Waals surface area contributed by atoms with Gasteiger partial charge in [0.1, 0.15) is 5.82 Å². The Kier molecular flexibility index (Phi) is 5.98. The summed E-state index contributed by atoms with van der Waals surface area (Å²) in [7, 11) is 2.18. The quantitative estimate of drug-likeness (QED) is 0.737. The Bertz CT molecular complexity index is 323. The molecule has 1 rings (SSSR count). The van der Waals surface area contributed by atoms with Crippen molar-refractivity contribution in [1.29, 1.82) is 0 Å². The van der Waals surface area contributed by atoms with E-state index in [9.17, 15) is 0 Å². The smallest absolute Gasteiger partial charge is 0.128 e. The third-order valence-electron chi connectivity index (χ3n) is 3.12. The van der Waals surface area contributed by atoms with E-state index in [2.05, 4.69) is 49.1 Å². The molecule has 0 aliphatic carbocycles. The molecular weight excluding hydrogens is 210 g/mol. The summed E-state index contributed by atoms with van der Waals surface area (Å²) in [5.41, 5.74) is 1.21. The lowest BCUT2D eigenvalue weighted by Gasteiger charge is -2.20. The molecule has 3 nitrogen and oxygen atoms in total. The van der Waals surface area contributed by atoms with Crippen LogP contribution in [0.4, 0.5) is 5.82 Å². The van der Waals surface area contributed by atoms with Crippen LogP contribution in [-0.2, 0) is 0 Å². The number of pyridine rings is 1. The predicted octanol–water partition coefficient (Wildman–Crippen LogP) is 2.92. The van der Waals surface area contributed by atoms with E-state index in [1.54, 1.807) is 0 Å². The second-order valence-corrected chi connectivity index (χ2v) is 4.88. The summed E-state index contributed by atoms with van der Waals surface area (Å²) in [5.74, 6) is 1.02. The molecule has 0 atom stereocenters. The first-order chi connectivity index (χ1) is 8.11. The summed E-state index contributed by atoms with van der Waals surface area (Å²) in [5, 5.41) is 3.39. The molecule has 0 amide bonds. The van der Waals surface area contributed by atoms with E-state index in [-0.39, 0.29) is 0 Å². The van der Waals surface area contributed by atoms with Crippen LogP contribution in [0.3, 0.4) is 0 Å². The Morgan fingerprint density at radius 1 is 1.35 bits per heavy atom. The van der Waals surface area contributed by atoms with Crippen molar-refractivity contribution >= 4 is 5.82 Å². The fourth-order valence-electron chi connectivity index (χ4n) is 1.62. The van der Waals surface area contributed by atoms with Crippen molar-refractivity contribution < 1.29 is 0 Å². The monoisotopic (exact) mass is 235 g/mol. The average molecular weight is 235 g/mol. The van der Waals surface area contributed by atoms with Gasteiger partial charge in [-0.1, -0.05) is 6.07 Å². The Morgan fingerprint density at radius 2 is 2.12 bits per heavy atom. The van der Waals surface area contributed by atoms with Crippen molar-refractivity contribution in [2.24, 2.45) is 0 Å². The second-order valence-electron chi connectivity index (χ2n) is 4.88. The summed E-state index contributed by atoms with van der Waals surface area (Å²) < 4.78 is 0. The third-order valence-corrected chi connectivity index (χ3v) is 3.12. The zero-order valence-corrected chi connectivity index (χ0v) is 11.5. The zero-order chi connectivity index (χ0) is 12.7. The Morgan fingerprint density at radius 3 is 2.76 bits per heavy atom. The molecule has 0 fully saturated rings. The molecule has 17 heavy (non-hydrogen) atoms. The lowest BCUT2D eigenvalue weighted by molar-refractivity contribution is 0.269. The van der Waals surface area contributed by atoms with E-state index in [1.165, 1.54) is 24.9 Å². The van der Waals surface area contributed by atoms with Gasteiger partial charge >= 0.3 is 0 Å². The van der Waals surface area contributed by atoms with Crippen molar-refractivity contribution in [2.75, 3.05) is 25.5 Å². The Hall–Kier alpha value is -1.09. The van der Waals surface area contributed by atoms with Crippen LogP contribution in [0.1, 0.15) is 32.3 Å². The molecular formula is C14H25N3. The maximum atomic E-state index is 4.32. The van der Waals surface area contributed by atoms with Crippen molar-refractivity contribution in [3.63, 3.8) is 0 Å². The first-order valence-corrected chi connectivity index (χ1v) is 6.47. The molecule has 0 aliphatic rings. The molecule has 0 aliphatic heterocycles. The Balaban J connectivity index is 2.15. The van der Waals surface area contributed by atoms with Crippen LogP contribution in [0, 0.1) is 6.92 Å². The second kappa shape index (κ2) is 7.28.